The molecule has 0 aliphatic carbocycles. The normalized spacial score (nSPS) is 11.1. The molecule has 0 spiro atoms. The predicted molar refractivity (Wildman–Crippen MR) is 138 cm³/mol. The first kappa shape index (κ1) is 25.4. The van der Waals surface area contributed by atoms with Crippen LogP contribution in [-0.2, 0) is 16.4 Å². The molecule has 7 nitrogen and oxygen atoms in total. The average Bonchev–Trinajstić information content (AvgIpc) is 2.80. The van der Waals surface area contributed by atoms with Gasteiger partial charge in [0.25, 0.3) is 5.91 Å². The lowest BCUT2D eigenvalue weighted by atomic mass is 10.2. The summed E-state index contributed by atoms with van der Waals surface area (Å²) in [6.07, 6.45) is 0.643. The minimum absolute atomic E-state index is 0.0444. The summed E-state index contributed by atoms with van der Waals surface area (Å²) in [4.78, 5) is 12.5. The molecule has 0 atom stereocenters. The molecule has 0 aliphatic heterocycles. The molecule has 0 aliphatic rings. The Morgan fingerprint density at radius 3 is 2.21 bits per heavy atom. The second kappa shape index (κ2) is 11.7. The predicted octanol–water partition coefficient (Wildman–Crippen LogP) is 4.12. The Bertz CT molecular complexity index is 1210. The third kappa shape index (κ3) is 7.65. The summed E-state index contributed by atoms with van der Waals surface area (Å²) in [5, 5.41) is 5.59. The average molecular weight is 498 g/mol. The Hall–Kier alpha value is -3.27. The van der Waals surface area contributed by atoms with Gasteiger partial charge in [0.1, 0.15) is 5.75 Å². The number of hydrogen-bond acceptors (Lipinski definition) is 5. The van der Waals surface area contributed by atoms with E-state index in [1.165, 1.54) is 12.1 Å². The standard InChI is InChI=1S/C25H27N3O4S2/c1-18(2)32-22-12-8-20(9-13-22)24(29)28-25(33)27-21-10-14-23(15-11-21)34(30,31)26-17-16-19-6-4-3-5-7-19/h3-15,18,26H,16-17H2,1-2H3,(H2,27,28,29,33). The van der Waals surface area contributed by atoms with Crippen LogP contribution in [0, 0.1) is 0 Å². The van der Waals surface area contributed by atoms with Gasteiger partial charge in [0.2, 0.25) is 10.0 Å². The highest BCUT2D eigenvalue weighted by Gasteiger charge is 2.14. The fourth-order valence-corrected chi connectivity index (χ4v) is 4.31. The summed E-state index contributed by atoms with van der Waals surface area (Å²) in [7, 11) is -3.63. The van der Waals surface area contributed by atoms with E-state index in [4.69, 9.17) is 17.0 Å². The summed E-state index contributed by atoms with van der Waals surface area (Å²) in [5.41, 5.74) is 2.04. The van der Waals surface area contributed by atoms with Crippen molar-refractivity contribution in [2.75, 3.05) is 11.9 Å². The molecule has 9 heteroatoms. The largest absolute Gasteiger partial charge is 0.491 e. The van der Waals surface area contributed by atoms with Crippen LogP contribution in [0.5, 0.6) is 5.75 Å². The molecule has 0 unspecified atom stereocenters. The summed E-state index contributed by atoms with van der Waals surface area (Å²) in [6, 6.07) is 22.5. The molecule has 0 saturated carbocycles. The molecule has 0 radical (unpaired) electrons. The molecule has 0 fully saturated rings. The lowest BCUT2D eigenvalue weighted by Gasteiger charge is -2.12. The van der Waals surface area contributed by atoms with Crippen molar-refractivity contribution in [3.8, 4) is 5.75 Å². The maximum Gasteiger partial charge on any atom is 0.257 e. The second-order valence-electron chi connectivity index (χ2n) is 7.76. The van der Waals surface area contributed by atoms with Crippen LogP contribution < -0.4 is 20.1 Å². The number of carbonyl (C=O) groups is 1. The van der Waals surface area contributed by atoms with E-state index in [0.29, 0.717) is 30.0 Å². The number of carbonyl (C=O) groups excluding carboxylic acids is 1. The minimum atomic E-state index is -3.63. The first-order chi connectivity index (χ1) is 16.2. The smallest absolute Gasteiger partial charge is 0.257 e. The zero-order valence-corrected chi connectivity index (χ0v) is 20.6. The van der Waals surface area contributed by atoms with E-state index in [1.807, 2.05) is 44.2 Å². The number of rotatable bonds is 9. The second-order valence-corrected chi connectivity index (χ2v) is 9.93. The quantitative estimate of drug-likeness (QED) is 0.385. The Kier molecular flexibility index (Phi) is 8.75. The van der Waals surface area contributed by atoms with Gasteiger partial charge in [0, 0.05) is 17.8 Å². The van der Waals surface area contributed by atoms with E-state index in [1.54, 1.807) is 36.4 Å². The van der Waals surface area contributed by atoms with Crippen molar-refractivity contribution in [3.05, 3.63) is 90.0 Å². The molecule has 0 heterocycles. The molecule has 3 rings (SSSR count). The molecule has 3 N–H and O–H groups in total. The van der Waals surface area contributed by atoms with Crippen LogP contribution in [0.25, 0.3) is 0 Å². The first-order valence-electron chi connectivity index (χ1n) is 10.8. The molecular formula is C25H27N3O4S2. The van der Waals surface area contributed by atoms with E-state index >= 15 is 0 Å². The molecular weight excluding hydrogens is 470 g/mol. The molecule has 3 aromatic rings. The van der Waals surface area contributed by atoms with Crippen LogP contribution in [0.3, 0.4) is 0 Å². The highest BCUT2D eigenvalue weighted by molar-refractivity contribution is 7.89. The summed E-state index contributed by atoms with van der Waals surface area (Å²) < 4.78 is 33.2. The number of amides is 1. The van der Waals surface area contributed by atoms with Gasteiger partial charge >= 0.3 is 0 Å². The fraction of sp³-hybridized carbons (Fsp3) is 0.200. The van der Waals surface area contributed by atoms with Gasteiger partial charge < -0.3 is 10.1 Å². The Morgan fingerprint density at radius 1 is 0.941 bits per heavy atom. The van der Waals surface area contributed by atoms with Crippen LogP contribution in [0.4, 0.5) is 5.69 Å². The minimum Gasteiger partial charge on any atom is -0.491 e. The third-order valence-corrected chi connectivity index (χ3v) is 6.37. The van der Waals surface area contributed by atoms with E-state index in [0.717, 1.165) is 5.56 Å². The molecule has 178 valence electrons. The van der Waals surface area contributed by atoms with Crippen LogP contribution in [-0.4, -0.2) is 32.1 Å². The Labute approximate surface area is 205 Å². The van der Waals surface area contributed by atoms with Gasteiger partial charge in [0.05, 0.1) is 11.0 Å². The number of anilines is 1. The summed E-state index contributed by atoms with van der Waals surface area (Å²) in [6.45, 7) is 4.15. The van der Waals surface area contributed by atoms with E-state index in [9.17, 15) is 13.2 Å². The van der Waals surface area contributed by atoms with Gasteiger partial charge in [-0.2, -0.15) is 0 Å². The van der Waals surface area contributed by atoms with Crippen molar-refractivity contribution in [3.63, 3.8) is 0 Å². The van der Waals surface area contributed by atoms with Crippen LogP contribution >= 0.6 is 12.2 Å². The molecule has 0 aromatic heterocycles. The van der Waals surface area contributed by atoms with Gasteiger partial charge in [-0.3, -0.25) is 10.1 Å². The van der Waals surface area contributed by atoms with E-state index in [2.05, 4.69) is 15.4 Å². The lowest BCUT2D eigenvalue weighted by molar-refractivity contribution is 0.0977. The summed E-state index contributed by atoms with van der Waals surface area (Å²) in [5.74, 6) is 0.312. The fourth-order valence-electron chi connectivity index (χ4n) is 3.07. The third-order valence-electron chi connectivity index (χ3n) is 4.69. The van der Waals surface area contributed by atoms with Gasteiger partial charge in [-0.25, -0.2) is 13.1 Å². The highest BCUT2D eigenvalue weighted by Crippen LogP contribution is 2.15. The number of nitrogens with one attached hydrogen (secondary N) is 3. The maximum absolute atomic E-state index is 12.5. The van der Waals surface area contributed by atoms with E-state index < -0.39 is 10.0 Å². The van der Waals surface area contributed by atoms with Gasteiger partial charge in [0.15, 0.2) is 5.11 Å². The van der Waals surface area contributed by atoms with Gasteiger partial charge in [-0.05, 0) is 86.6 Å². The highest BCUT2D eigenvalue weighted by atomic mass is 32.2. The van der Waals surface area contributed by atoms with Crippen LogP contribution in [0.1, 0.15) is 29.8 Å². The Balaban J connectivity index is 1.51. The SMILES string of the molecule is CC(C)Oc1ccc(C(=O)NC(=S)Nc2ccc(S(=O)(=O)NCCc3ccccc3)cc2)cc1. The molecule has 0 saturated heterocycles. The van der Waals surface area contributed by atoms with Crippen molar-refractivity contribution in [2.24, 2.45) is 0 Å². The van der Waals surface area contributed by atoms with Gasteiger partial charge in [-0.15, -0.1) is 0 Å². The van der Waals surface area contributed by atoms with Crippen molar-refractivity contribution >= 4 is 38.9 Å². The number of benzene rings is 3. The lowest BCUT2D eigenvalue weighted by Crippen LogP contribution is -2.34. The molecule has 34 heavy (non-hydrogen) atoms. The summed E-state index contributed by atoms with van der Waals surface area (Å²) >= 11 is 5.21. The topological polar surface area (TPSA) is 96.5 Å². The Morgan fingerprint density at radius 2 is 1.59 bits per heavy atom. The van der Waals surface area contributed by atoms with Crippen LogP contribution in [0.15, 0.2) is 83.8 Å². The number of ether oxygens (including phenoxy) is 1. The van der Waals surface area contributed by atoms with Crippen molar-refractivity contribution in [1.82, 2.24) is 10.0 Å². The molecule has 1 amide bonds. The van der Waals surface area contributed by atoms with Crippen molar-refractivity contribution < 1.29 is 17.9 Å². The number of hydrogen-bond donors (Lipinski definition) is 3. The molecule has 3 aromatic carbocycles. The number of thiocarbonyl (C=S) groups is 1. The van der Waals surface area contributed by atoms with Crippen LogP contribution in [0.2, 0.25) is 0 Å². The zero-order valence-electron chi connectivity index (χ0n) is 18.9. The monoisotopic (exact) mass is 497 g/mol. The maximum atomic E-state index is 12.5. The molecule has 0 bridgehead atoms. The number of sulfonamides is 1. The first-order valence-corrected chi connectivity index (χ1v) is 12.6. The van der Waals surface area contributed by atoms with E-state index in [-0.39, 0.29) is 22.0 Å². The zero-order chi connectivity index (χ0) is 24.6. The van der Waals surface area contributed by atoms with Gasteiger partial charge in [-0.1, -0.05) is 30.3 Å². The van der Waals surface area contributed by atoms with Crippen molar-refractivity contribution in [2.45, 2.75) is 31.3 Å². The van der Waals surface area contributed by atoms with Crippen molar-refractivity contribution in [1.29, 1.82) is 0 Å².